The maximum absolute atomic E-state index is 13.1. The summed E-state index contributed by atoms with van der Waals surface area (Å²) in [7, 11) is 0. The van der Waals surface area contributed by atoms with Gasteiger partial charge < -0.3 is 5.32 Å². The Morgan fingerprint density at radius 1 is 1.23 bits per heavy atom. The van der Waals surface area contributed by atoms with Crippen molar-refractivity contribution < 1.29 is 13.6 Å². The molecular formula is C14H10ClF2N3OS. The fourth-order valence-electron chi connectivity index (χ4n) is 1.67. The van der Waals surface area contributed by atoms with Crippen LogP contribution in [0.25, 0.3) is 0 Å². The number of anilines is 1. The minimum Gasteiger partial charge on any atom is -0.332 e. The Labute approximate surface area is 135 Å². The Hall–Kier alpha value is -2.12. The monoisotopic (exact) mass is 341 g/mol. The average molecular weight is 342 g/mol. The van der Waals surface area contributed by atoms with Gasteiger partial charge in [0.15, 0.2) is 16.7 Å². The number of amides is 1. The molecule has 1 heterocycles. The summed E-state index contributed by atoms with van der Waals surface area (Å²) in [5.41, 5.74) is 1.08. The van der Waals surface area contributed by atoms with Crippen molar-refractivity contribution in [3.63, 3.8) is 0 Å². The molecule has 0 spiro atoms. The van der Waals surface area contributed by atoms with Crippen LogP contribution in [0, 0.1) is 18.6 Å². The lowest BCUT2D eigenvalue weighted by molar-refractivity contribution is 0.0977. The van der Waals surface area contributed by atoms with Crippen LogP contribution in [-0.4, -0.2) is 16.0 Å². The predicted molar refractivity (Wildman–Crippen MR) is 84.0 cm³/mol. The second-order valence-corrected chi connectivity index (χ2v) is 5.15. The molecule has 1 amide bonds. The summed E-state index contributed by atoms with van der Waals surface area (Å²) >= 11 is 10.7. The second-order valence-electron chi connectivity index (χ2n) is 4.36. The zero-order valence-electron chi connectivity index (χ0n) is 11.3. The van der Waals surface area contributed by atoms with Gasteiger partial charge in [-0.05, 0) is 43.4 Å². The maximum Gasteiger partial charge on any atom is 0.257 e. The molecule has 2 aromatic rings. The van der Waals surface area contributed by atoms with E-state index in [1.54, 1.807) is 13.0 Å². The third-order valence-corrected chi connectivity index (χ3v) is 2.99. The molecule has 0 bridgehead atoms. The van der Waals surface area contributed by atoms with Gasteiger partial charge in [-0.1, -0.05) is 11.6 Å². The van der Waals surface area contributed by atoms with Gasteiger partial charge in [0.1, 0.15) is 5.15 Å². The van der Waals surface area contributed by atoms with E-state index < -0.39 is 17.5 Å². The highest BCUT2D eigenvalue weighted by Crippen LogP contribution is 2.13. The number of aryl methyl sites for hydroxylation is 1. The average Bonchev–Trinajstić information content (AvgIpc) is 2.41. The molecule has 0 radical (unpaired) electrons. The SMILES string of the molecule is Cc1cc(C(=O)NC(=S)Nc2ccc(F)c(F)c2)cc(Cl)n1. The minimum absolute atomic E-state index is 0.0541. The van der Waals surface area contributed by atoms with Crippen LogP contribution in [0.4, 0.5) is 14.5 Å². The molecule has 0 fully saturated rings. The Kier molecular flexibility index (Phi) is 4.99. The van der Waals surface area contributed by atoms with E-state index in [2.05, 4.69) is 15.6 Å². The van der Waals surface area contributed by atoms with Crippen LogP contribution in [0.1, 0.15) is 16.1 Å². The first-order valence-corrected chi connectivity index (χ1v) is 6.85. The van der Waals surface area contributed by atoms with Crippen molar-refractivity contribution >= 4 is 40.5 Å². The first kappa shape index (κ1) is 16.3. The summed E-state index contributed by atoms with van der Waals surface area (Å²) in [5.74, 6) is -2.48. The highest BCUT2D eigenvalue weighted by Gasteiger charge is 2.11. The largest absolute Gasteiger partial charge is 0.332 e. The van der Waals surface area contributed by atoms with Gasteiger partial charge in [0.05, 0.1) is 0 Å². The third-order valence-electron chi connectivity index (χ3n) is 2.59. The van der Waals surface area contributed by atoms with Gasteiger partial charge in [-0.3, -0.25) is 10.1 Å². The van der Waals surface area contributed by atoms with E-state index in [9.17, 15) is 13.6 Å². The van der Waals surface area contributed by atoms with Gasteiger partial charge in [-0.15, -0.1) is 0 Å². The fraction of sp³-hybridized carbons (Fsp3) is 0.0714. The number of carbonyl (C=O) groups is 1. The number of benzene rings is 1. The number of hydrogen-bond acceptors (Lipinski definition) is 3. The lowest BCUT2D eigenvalue weighted by Crippen LogP contribution is -2.34. The highest BCUT2D eigenvalue weighted by molar-refractivity contribution is 7.80. The van der Waals surface area contributed by atoms with E-state index in [1.807, 2.05) is 0 Å². The first-order valence-electron chi connectivity index (χ1n) is 6.07. The molecule has 2 N–H and O–H groups in total. The normalized spacial score (nSPS) is 10.2. The summed E-state index contributed by atoms with van der Waals surface area (Å²) in [4.78, 5) is 16.0. The number of nitrogens with zero attached hydrogens (tertiary/aromatic N) is 1. The smallest absolute Gasteiger partial charge is 0.257 e. The third kappa shape index (κ3) is 4.19. The topological polar surface area (TPSA) is 54.0 Å². The van der Waals surface area contributed by atoms with Crippen molar-refractivity contribution in [1.82, 2.24) is 10.3 Å². The zero-order valence-corrected chi connectivity index (χ0v) is 12.9. The molecule has 0 unspecified atom stereocenters. The summed E-state index contributed by atoms with van der Waals surface area (Å²) in [5, 5.41) is 5.13. The van der Waals surface area contributed by atoms with Gasteiger partial charge >= 0.3 is 0 Å². The summed E-state index contributed by atoms with van der Waals surface area (Å²) < 4.78 is 25.9. The molecule has 22 heavy (non-hydrogen) atoms. The molecule has 0 aliphatic heterocycles. The molecule has 8 heteroatoms. The van der Waals surface area contributed by atoms with Crippen molar-refractivity contribution in [1.29, 1.82) is 0 Å². The number of halogens is 3. The lowest BCUT2D eigenvalue weighted by Gasteiger charge is -2.10. The summed E-state index contributed by atoms with van der Waals surface area (Å²) in [6.45, 7) is 1.69. The quantitative estimate of drug-likeness (QED) is 0.649. The van der Waals surface area contributed by atoms with Crippen LogP contribution >= 0.6 is 23.8 Å². The Morgan fingerprint density at radius 3 is 2.59 bits per heavy atom. The lowest BCUT2D eigenvalue weighted by atomic mass is 10.2. The minimum atomic E-state index is -1.02. The van der Waals surface area contributed by atoms with Gasteiger partial charge in [-0.25, -0.2) is 13.8 Å². The number of carbonyl (C=O) groups excluding carboxylic acids is 1. The molecule has 0 atom stereocenters. The number of thiocarbonyl (C=S) groups is 1. The molecule has 0 saturated carbocycles. The van der Waals surface area contributed by atoms with Crippen molar-refractivity contribution in [2.75, 3.05) is 5.32 Å². The van der Waals surface area contributed by atoms with Crippen LogP contribution in [-0.2, 0) is 0 Å². The summed E-state index contributed by atoms with van der Waals surface area (Å²) in [6, 6.07) is 6.12. The van der Waals surface area contributed by atoms with Crippen LogP contribution in [0.2, 0.25) is 5.15 Å². The Morgan fingerprint density at radius 2 is 1.95 bits per heavy atom. The summed E-state index contributed by atoms with van der Waals surface area (Å²) in [6.07, 6.45) is 0. The number of nitrogens with one attached hydrogen (secondary N) is 2. The zero-order chi connectivity index (χ0) is 16.3. The molecule has 1 aromatic carbocycles. The van der Waals surface area contributed by atoms with E-state index in [0.29, 0.717) is 5.69 Å². The van der Waals surface area contributed by atoms with E-state index in [-0.39, 0.29) is 21.5 Å². The van der Waals surface area contributed by atoms with E-state index >= 15 is 0 Å². The molecule has 0 saturated heterocycles. The first-order chi connectivity index (χ1) is 10.3. The van der Waals surface area contributed by atoms with E-state index in [0.717, 1.165) is 12.1 Å². The van der Waals surface area contributed by atoms with Gasteiger partial charge in [-0.2, -0.15) is 0 Å². The molecular weight excluding hydrogens is 332 g/mol. The van der Waals surface area contributed by atoms with Gasteiger partial charge in [0.25, 0.3) is 5.91 Å². The molecule has 0 aliphatic carbocycles. The molecule has 2 rings (SSSR count). The Balaban J connectivity index is 2.04. The van der Waals surface area contributed by atoms with Gasteiger partial charge in [0.2, 0.25) is 0 Å². The number of aromatic nitrogens is 1. The number of hydrogen-bond donors (Lipinski definition) is 2. The molecule has 4 nitrogen and oxygen atoms in total. The highest BCUT2D eigenvalue weighted by atomic mass is 35.5. The van der Waals surface area contributed by atoms with Crippen LogP contribution in [0.15, 0.2) is 30.3 Å². The standard InChI is InChI=1S/C14H10ClF2N3OS/c1-7-4-8(5-12(15)18-7)13(21)20-14(22)19-9-2-3-10(16)11(17)6-9/h2-6H,1H3,(H2,19,20,21,22). The molecule has 114 valence electrons. The second kappa shape index (κ2) is 6.76. The molecule has 1 aromatic heterocycles. The van der Waals surface area contributed by atoms with Crippen molar-refractivity contribution in [2.45, 2.75) is 6.92 Å². The Bertz CT molecular complexity index is 735. The number of pyridine rings is 1. The van der Waals surface area contributed by atoms with Crippen molar-refractivity contribution in [3.8, 4) is 0 Å². The predicted octanol–water partition coefficient (Wildman–Crippen LogP) is 3.45. The van der Waals surface area contributed by atoms with Gasteiger partial charge in [0, 0.05) is 23.0 Å². The van der Waals surface area contributed by atoms with E-state index in [4.69, 9.17) is 23.8 Å². The maximum atomic E-state index is 13.1. The number of rotatable bonds is 2. The van der Waals surface area contributed by atoms with Crippen molar-refractivity contribution in [2.24, 2.45) is 0 Å². The fourth-order valence-corrected chi connectivity index (χ4v) is 2.13. The van der Waals surface area contributed by atoms with Crippen molar-refractivity contribution in [3.05, 3.63) is 58.4 Å². The van der Waals surface area contributed by atoms with Crippen LogP contribution < -0.4 is 10.6 Å². The van der Waals surface area contributed by atoms with E-state index in [1.165, 1.54) is 12.1 Å². The van der Waals surface area contributed by atoms with Crippen LogP contribution in [0.3, 0.4) is 0 Å². The van der Waals surface area contributed by atoms with Crippen LogP contribution in [0.5, 0.6) is 0 Å². The molecule has 0 aliphatic rings.